The van der Waals surface area contributed by atoms with E-state index in [1.54, 1.807) is 42.2 Å². The van der Waals surface area contributed by atoms with Gasteiger partial charge < -0.3 is 10.2 Å². The summed E-state index contributed by atoms with van der Waals surface area (Å²) in [4.78, 5) is 26.8. The van der Waals surface area contributed by atoms with Gasteiger partial charge in [-0.05, 0) is 55.3 Å². The molecule has 1 aliphatic heterocycles. The topological polar surface area (TPSA) is 93.0 Å². The van der Waals surface area contributed by atoms with E-state index >= 15 is 0 Å². The van der Waals surface area contributed by atoms with Gasteiger partial charge in [0.25, 0.3) is 11.7 Å². The van der Waals surface area contributed by atoms with E-state index in [2.05, 4.69) is 20.7 Å². The van der Waals surface area contributed by atoms with Crippen molar-refractivity contribution in [1.82, 2.24) is 25.1 Å². The van der Waals surface area contributed by atoms with Crippen LogP contribution < -0.4 is 5.32 Å². The molecule has 0 spiro atoms. The fourth-order valence-corrected chi connectivity index (χ4v) is 2.48. The first-order valence-electron chi connectivity index (χ1n) is 7.81. The molecule has 2 heterocycles. The van der Waals surface area contributed by atoms with E-state index in [0.717, 1.165) is 25.9 Å². The Kier molecular flexibility index (Phi) is 4.64. The summed E-state index contributed by atoms with van der Waals surface area (Å²) in [6.07, 6.45) is 5.14. The van der Waals surface area contributed by atoms with Crippen LogP contribution in [0.4, 0.5) is 5.69 Å². The van der Waals surface area contributed by atoms with Crippen LogP contribution in [0.1, 0.15) is 30.4 Å². The zero-order chi connectivity index (χ0) is 16.9. The molecule has 0 radical (unpaired) electrons. The molecule has 1 saturated heterocycles. The molecule has 0 atom stereocenters. The van der Waals surface area contributed by atoms with Crippen molar-refractivity contribution in [3.63, 3.8) is 0 Å². The molecule has 1 N–H and O–H groups in total. The van der Waals surface area contributed by atoms with Crippen LogP contribution in [0.3, 0.4) is 0 Å². The summed E-state index contributed by atoms with van der Waals surface area (Å²) in [6, 6.07) is 6.97. The third kappa shape index (κ3) is 3.48. The Bertz CT molecular complexity index is 759. The van der Waals surface area contributed by atoms with E-state index < -0.39 is 0 Å². The normalized spacial score (nSPS) is 14.3. The van der Waals surface area contributed by atoms with Crippen molar-refractivity contribution in [2.75, 3.05) is 18.4 Å². The monoisotopic (exact) mass is 326 g/mol. The second-order valence-electron chi connectivity index (χ2n) is 5.44. The first kappa shape index (κ1) is 15.9. The number of allylic oxidation sites excluding steroid dienone is 1. The van der Waals surface area contributed by atoms with Crippen molar-refractivity contribution >= 4 is 17.5 Å². The lowest BCUT2D eigenvalue weighted by Gasteiger charge is -2.11. The van der Waals surface area contributed by atoms with Crippen LogP contribution in [-0.2, 0) is 4.79 Å². The highest BCUT2D eigenvalue weighted by molar-refractivity contribution is 5.99. The Morgan fingerprint density at radius 2 is 1.88 bits per heavy atom. The van der Waals surface area contributed by atoms with Crippen molar-refractivity contribution in [3.8, 4) is 5.69 Å². The maximum absolute atomic E-state index is 12.2. The predicted molar refractivity (Wildman–Crippen MR) is 87.7 cm³/mol. The predicted octanol–water partition coefficient (Wildman–Crippen LogP) is 1.41. The number of carbonyl (C=O) groups is 2. The van der Waals surface area contributed by atoms with E-state index in [0.29, 0.717) is 11.4 Å². The van der Waals surface area contributed by atoms with Gasteiger partial charge in [0.15, 0.2) is 0 Å². The molecule has 0 saturated carbocycles. The zero-order valence-electron chi connectivity index (χ0n) is 13.3. The quantitative estimate of drug-likeness (QED) is 0.858. The van der Waals surface area contributed by atoms with Crippen molar-refractivity contribution in [2.45, 2.75) is 19.8 Å². The average molecular weight is 326 g/mol. The van der Waals surface area contributed by atoms with Crippen molar-refractivity contribution < 1.29 is 9.59 Å². The number of nitrogens with zero attached hydrogens (tertiary/aromatic N) is 5. The molecular weight excluding hydrogens is 308 g/mol. The number of nitrogens with one attached hydrogen (secondary N) is 1. The fourth-order valence-electron chi connectivity index (χ4n) is 2.48. The van der Waals surface area contributed by atoms with Gasteiger partial charge in [0.2, 0.25) is 5.91 Å². The van der Waals surface area contributed by atoms with E-state index in [9.17, 15) is 9.59 Å². The SMILES string of the molecule is C/C=C/C(=O)Nc1ccc(-n2nnc(C(=O)N3CCCC3)n2)cc1. The largest absolute Gasteiger partial charge is 0.336 e. The first-order chi connectivity index (χ1) is 11.7. The molecule has 8 nitrogen and oxygen atoms in total. The number of anilines is 1. The molecule has 8 heteroatoms. The lowest BCUT2D eigenvalue weighted by atomic mass is 10.3. The van der Waals surface area contributed by atoms with E-state index in [-0.39, 0.29) is 17.6 Å². The number of hydrogen-bond acceptors (Lipinski definition) is 5. The standard InChI is InChI=1S/C16H18N6O2/c1-2-5-14(23)17-12-6-8-13(9-7-12)22-19-15(18-20-22)16(24)21-10-3-4-11-21/h2,5-9H,3-4,10-11H2,1H3,(H,17,23)/b5-2+. The minimum atomic E-state index is -0.192. The number of amides is 2. The first-order valence-corrected chi connectivity index (χ1v) is 7.81. The molecular formula is C16H18N6O2. The van der Waals surface area contributed by atoms with Gasteiger partial charge in [0.05, 0.1) is 5.69 Å². The second kappa shape index (κ2) is 7.03. The number of likely N-dealkylation sites (tertiary alicyclic amines) is 1. The minimum Gasteiger partial charge on any atom is -0.336 e. The second-order valence-corrected chi connectivity index (χ2v) is 5.44. The van der Waals surface area contributed by atoms with Crippen LogP contribution in [0.15, 0.2) is 36.4 Å². The van der Waals surface area contributed by atoms with Gasteiger partial charge in [-0.15, -0.1) is 15.0 Å². The molecule has 1 aromatic heterocycles. The fraction of sp³-hybridized carbons (Fsp3) is 0.312. The van der Waals surface area contributed by atoms with Gasteiger partial charge in [0, 0.05) is 18.8 Å². The number of aromatic nitrogens is 4. The molecule has 0 bridgehead atoms. The third-order valence-corrected chi connectivity index (χ3v) is 3.68. The zero-order valence-corrected chi connectivity index (χ0v) is 13.3. The summed E-state index contributed by atoms with van der Waals surface area (Å²) in [5.41, 5.74) is 1.32. The molecule has 2 amide bonds. The van der Waals surface area contributed by atoms with Crippen molar-refractivity contribution in [3.05, 3.63) is 42.2 Å². The number of hydrogen-bond donors (Lipinski definition) is 1. The minimum absolute atomic E-state index is 0.0994. The number of carbonyl (C=O) groups excluding carboxylic acids is 2. The van der Waals surface area contributed by atoms with E-state index in [1.165, 1.54) is 10.9 Å². The van der Waals surface area contributed by atoms with Gasteiger partial charge in [0.1, 0.15) is 0 Å². The molecule has 124 valence electrons. The molecule has 3 rings (SSSR count). The lowest BCUT2D eigenvalue weighted by Crippen LogP contribution is -2.28. The Morgan fingerprint density at radius 1 is 1.17 bits per heavy atom. The number of rotatable bonds is 4. The highest BCUT2D eigenvalue weighted by atomic mass is 16.2. The molecule has 0 unspecified atom stereocenters. The summed E-state index contributed by atoms with van der Waals surface area (Å²) < 4.78 is 0. The molecule has 0 aliphatic carbocycles. The van der Waals surface area contributed by atoms with Crippen LogP contribution in [0.25, 0.3) is 5.69 Å². The average Bonchev–Trinajstić information content (AvgIpc) is 3.27. The third-order valence-electron chi connectivity index (χ3n) is 3.68. The Morgan fingerprint density at radius 3 is 2.54 bits per heavy atom. The van der Waals surface area contributed by atoms with Crippen LogP contribution in [0.2, 0.25) is 0 Å². The number of benzene rings is 1. The van der Waals surface area contributed by atoms with E-state index in [4.69, 9.17) is 0 Å². The number of tetrazole rings is 1. The van der Waals surface area contributed by atoms with Crippen molar-refractivity contribution in [1.29, 1.82) is 0 Å². The summed E-state index contributed by atoms with van der Waals surface area (Å²) in [5.74, 6) is -0.279. The molecule has 24 heavy (non-hydrogen) atoms. The molecule has 1 aliphatic rings. The van der Waals surface area contributed by atoms with Gasteiger partial charge in [-0.2, -0.15) is 0 Å². The Hall–Kier alpha value is -3.03. The van der Waals surface area contributed by atoms with Crippen molar-refractivity contribution in [2.24, 2.45) is 0 Å². The van der Waals surface area contributed by atoms with Gasteiger partial charge >= 0.3 is 0 Å². The molecule has 2 aromatic rings. The Labute approximate surface area is 139 Å². The summed E-state index contributed by atoms with van der Waals surface area (Å²) >= 11 is 0. The molecule has 1 fully saturated rings. The molecule has 1 aromatic carbocycles. The maximum atomic E-state index is 12.2. The van der Waals surface area contributed by atoms with Crippen LogP contribution in [0, 0.1) is 0 Å². The van der Waals surface area contributed by atoms with Crippen LogP contribution >= 0.6 is 0 Å². The van der Waals surface area contributed by atoms with Gasteiger partial charge in [-0.3, -0.25) is 9.59 Å². The maximum Gasteiger partial charge on any atom is 0.295 e. The van der Waals surface area contributed by atoms with Gasteiger partial charge in [-0.1, -0.05) is 6.08 Å². The highest BCUT2D eigenvalue weighted by Gasteiger charge is 2.23. The summed E-state index contributed by atoms with van der Waals surface area (Å²) in [7, 11) is 0. The highest BCUT2D eigenvalue weighted by Crippen LogP contribution is 2.13. The summed E-state index contributed by atoms with van der Waals surface area (Å²) in [5, 5.41) is 14.7. The lowest BCUT2D eigenvalue weighted by molar-refractivity contribution is -0.111. The Balaban J connectivity index is 1.70. The van der Waals surface area contributed by atoms with E-state index in [1.807, 2.05) is 0 Å². The summed E-state index contributed by atoms with van der Waals surface area (Å²) in [6.45, 7) is 3.27. The van der Waals surface area contributed by atoms with Crippen LogP contribution in [-0.4, -0.2) is 50.0 Å². The smallest absolute Gasteiger partial charge is 0.295 e. The van der Waals surface area contributed by atoms with Crippen LogP contribution in [0.5, 0.6) is 0 Å². The van der Waals surface area contributed by atoms with Gasteiger partial charge in [-0.25, -0.2) is 0 Å².